The summed E-state index contributed by atoms with van der Waals surface area (Å²) >= 11 is 12.0. The number of rotatable bonds is 3. The van der Waals surface area contributed by atoms with Crippen molar-refractivity contribution in [1.29, 1.82) is 0 Å². The van der Waals surface area contributed by atoms with Crippen LogP contribution in [0.5, 0.6) is 0 Å². The highest BCUT2D eigenvalue weighted by atomic mass is 35.5. The molecule has 0 unspecified atom stereocenters. The van der Waals surface area contributed by atoms with Gasteiger partial charge >= 0.3 is 0 Å². The Kier molecular flexibility index (Phi) is 3.54. The van der Waals surface area contributed by atoms with Crippen LogP contribution in [-0.2, 0) is 6.54 Å². The number of nitrogens with two attached hydrogens (primary N) is 1. The number of aromatic nitrogens is 3. The highest BCUT2D eigenvalue weighted by Gasteiger charge is 2.13. The van der Waals surface area contributed by atoms with Crippen LogP contribution in [0.2, 0.25) is 10.0 Å². The topological polar surface area (TPSA) is 56.7 Å². The van der Waals surface area contributed by atoms with Crippen LogP contribution in [0.3, 0.4) is 0 Å². The molecule has 2 aromatic rings. The molecule has 0 fully saturated rings. The minimum atomic E-state index is 0.261. The summed E-state index contributed by atoms with van der Waals surface area (Å²) in [6, 6.07) is 1.59. The molecule has 0 aliphatic heterocycles. The number of hydrogen-bond donors (Lipinski definition) is 1. The Morgan fingerprint density at radius 3 is 2.82 bits per heavy atom. The predicted octanol–water partition coefficient (Wildman–Crippen LogP) is 3.24. The lowest BCUT2D eigenvalue weighted by atomic mass is 10.3. The SMILES string of the molecule is CCCn1ccnc1-c1nc(N)c(Cl)cc1Cl. The molecule has 2 rings (SSSR count). The maximum absolute atomic E-state index is 6.11. The molecule has 2 N–H and O–H groups in total. The van der Waals surface area contributed by atoms with E-state index in [4.69, 9.17) is 28.9 Å². The molecule has 0 spiro atoms. The molecule has 0 atom stereocenters. The average Bonchev–Trinajstić information content (AvgIpc) is 2.72. The monoisotopic (exact) mass is 270 g/mol. The van der Waals surface area contributed by atoms with E-state index in [1.54, 1.807) is 12.3 Å². The van der Waals surface area contributed by atoms with Gasteiger partial charge in [0.25, 0.3) is 0 Å². The van der Waals surface area contributed by atoms with Gasteiger partial charge < -0.3 is 10.3 Å². The third-order valence-corrected chi connectivity index (χ3v) is 2.94. The summed E-state index contributed by atoms with van der Waals surface area (Å²) in [5.74, 6) is 0.970. The summed E-state index contributed by atoms with van der Waals surface area (Å²) in [5, 5.41) is 0.806. The van der Waals surface area contributed by atoms with Gasteiger partial charge in [0, 0.05) is 18.9 Å². The van der Waals surface area contributed by atoms with Crippen molar-refractivity contribution in [3.8, 4) is 11.5 Å². The summed E-state index contributed by atoms with van der Waals surface area (Å²) in [6.07, 6.45) is 4.61. The molecule has 17 heavy (non-hydrogen) atoms. The third kappa shape index (κ3) is 2.37. The van der Waals surface area contributed by atoms with Crippen molar-refractivity contribution >= 4 is 29.0 Å². The summed E-state index contributed by atoms with van der Waals surface area (Å²) < 4.78 is 1.99. The van der Waals surface area contributed by atoms with E-state index in [9.17, 15) is 0 Å². The molecule has 0 aliphatic carbocycles. The highest BCUT2D eigenvalue weighted by Crippen LogP contribution is 2.30. The summed E-state index contributed by atoms with van der Waals surface area (Å²) in [7, 11) is 0. The molecular weight excluding hydrogens is 259 g/mol. The fourth-order valence-electron chi connectivity index (χ4n) is 1.59. The van der Waals surface area contributed by atoms with E-state index in [1.807, 2.05) is 10.8 Å². The van der Waals surface area contributed by atoms with Gasteiger partial charge in [-0.1, -0.05) is 30.1 Å². The lowest BCUT2D eigenvalue weighted by Gasteiger charge is -2.08. The molecule has 0 aromatic carbocycles. The number of anilines is 1. The number of pyridine rings is 1. The Morgan fingerprint density at radius 1 is 1.35 bits per heavy atom. The fraction of sp³-hybridized carbons (Fsp3) is 0.273. The lowest BCUT2D eigenvalue weighted by molar-refractivity contribution is 0.684. The Bertz CT molecular complexity index is 536. The second-order valence-corrected chi connectivity index (χ2v) is 4.44. The van der Waals surface area contributed by atoms with E-state index in [2.05, 4.69) is 16.9 Å². The standard InChI is InChI=1S/C11H12Cl2N4/c1-2-4-17-5-3-15-11(17)9-7(12)6-8(13)10(14)16-9/h3,5-6H,2,4H2,1H3,(H2,14,16). The predicted molar refractivity (Wildman–Crippen MR) is 70.2 cm³/mol. The van der Waals surface area contributed by atoms with Crippen molar-refractivity contribution in [2.45, 2.75) is 19.9 Å². The van der Waals surface area contributed by atoms with Crippen molar-refractivity contribution in [3.63, 3.8) is 0 Å². The third-order valence-electron chi connectivity index (χ3n) is 2.35. The van der Waals surface area contributed by atoms with Crippen molar-refractivity contribution in [3.05, 3.63) is 28.5 Å². The van der Waals surface area contributed by atoms with Gasteiger partial charge in [0.15, 0.2) is 5.82 Å². The van der Waals surface area contributed by atoms with Crippen LogP contribution in [0.1, 0.15) is 13.3 Å². The highest BCUT2D eigenvalue weighted by molar-refractivity contribution is 6.37. The van der Waals surface area contributed by atoms with Crippen LogP contribution in [0, 0.1) is 0 Å². The molecule has 0 saturated heterocycles. The van der Waals surface area contributed by atoms with Gasteiger partial charge in [-0.05, 0) is 12.5 Å². The molecule has 6 heteroatoms. The first kappa shape index (κ1) is 12.2. The molecule has 4 nitrogen and oxygen atoms in total. The Morgan fingerprint density at radius 2 is 2.12 bits per heavy atom. The van der Waals surface area contributed by atoms with Crippen LogP contribution in [0.4, 0.5) is 5.82 Å². The van der Waals surface area contributed by atoms with Crippen molar-refractivity contribution in [2.24, 2.45) is 0 Å². The van der Waals surface area contributed by atoms with Crippen LogP contribution in [0.15, 0.2) is 18.5 Å². The quantitative estimate of drug-likeness (QED) is 0.932. The maximum atomic E-state index is 6.11. The summed E-state index contributed by atoms with van der Waals surface area (Å²) in [6.45, 7) is 2.95. The van der Waals surface area contributed by atoms with Crippen LogP contribution < -0.4 is 5.73 Å². The van der Waals surface area contributed by atoms with Gasteiger partial charge in [-0.15, -0.1) is 0 Å². The molecule has 0 amide bonds. The Balaban J connectivity index is 2.52. The van der Waals surface area contributed by atoms with E-state index < -0.39 is 0 Å². The van der Waals surface area contributed by atoms with E-state index in [0.29, 0.717) is 21.6 Å². The van der Waals surface area contributed by atoms with Crippen molar-refractivity contribution < 1.29 is 0 Å². The number of halogens is 2. The number of aryl methyl sites for hydroxylation is 1. The molecule has 0 aliphatic rings. The second kappa shape index (κ2) is 4.94. The van der Waals surface area contributed by atoms with Crippen molar-refractivity contribution in [1.82, 2.24) is 14.5 Å². The van der Waals surface area contributed by atoms with Gasteiger partial charge in [0.2, 0.25) is 0 Å². The lowest BCUT2D eigenvalue weighted by Crippen LogP contribution is -2.02. The van der Waals surface area contributed by atoms with Gasteiger partial charge in [0.1, 0.15) is 11.5 Å². The van der Waals surface area contributed by atoms with E-state index in [-0.39, 0.29) is 5.82 Å². The van der Waals surface area contributed by atoms with Crippen molar-refractivity contribution in [2.75, 3.05) is 5.73 Å². The smallest absolute Gasteiger partial charge is 0.160 e. The summed E-state index contributed by atoms with van der Waals surface area (Å²) in [5.41, 5.74) is 6.24. The normalized spacial score (nSPS) is 10.8. The minimum Gasteiger partial charge on any atom is -0.382 e. The van der Waals surface area contributed by atoms with E-state index in [0.717, 1.165) is 13.0 Å². The Labute approximate surface area is 109 Å². The largest absolute Gasteiger partial charge is 0.382 e. The van der Waals surface area contributed by atoms with Gasteiger partial charge in [-0.25, -0.2) is 9.97 Å². The van der Waals surface area contributed by atoms with Crippen LogP contribution in [0.25, 0.3) is 11.5 Å². The fourth-order valence-corrected chi connectivity index (χ4v) is 2.03. The number of imidazole rings is 1. The molecule has 2 aromatic heterocycles. The molecule has 90 valence electrons. The first-order valence-corrected chi connectivity index (χ1v) is 6.02. The molecule has 0 saturated carbocycles. The first-order chi connectivity index (χ1) is 8.13. The van der Waals surface area contributed by atoms with Gasteiger partial charge in [0.05, 0.1) is 10.0 Å². The van der Waals surface area contributed by atoms with E-state index in [1.165, 1.54) is 0 Å². The van der Waals surface area contributed by atoms with Gasteiger partial charge in [-0.2, -0.15) is 0 Å². The number of nitrogen functional groups attached to an aromatic ring is 1. The van der Waals surface area contributed by atoms with Crippen LogP contribution in [-0.4, -0.2) is 14.5 Å². The zero-order valence-corrected chi connectivity index (χ0v) is 10.8. The second-order valence-electron chi connectivity index (χ2n) is 3.63. The number of nitrogens with zero attached hydrogens (tertiary/aromatic N) is 3. The molecule has 0 bridgehead atoms. The summed E-state index contributed by atoms with van der Waals surface area (Å²) in [4.78, 5) is 8.44. The van der Waals surface area contributed by atoms with Gasteiger partial charge in [-0.3, -0.25) is 0 Å². The molecule has 2 heterocycles. The molecular formula is C11H12Cl2N4. The number of hydrogen-bond acceptors (Lipinski definition) is 3. The zero-order chi connectivity index (χ0) is 12.4. The maximum Gasteiger partial charge on any atom is 0.160 e. The average molecular weight is 271 g/mol. The zero-order valence-electron chi connectivity index (χ0n) is 9.32. The van der Waals surface area contributed by atoms with E-state index >= 15 is 0 Å². The molecule has 0 radical (unpaired) electrons. The Hall–Kier alpha value is -1.26. The minimum absolute atomic E-state index is 0.261. The van der Waals surface area contributed by atoms with Crippen LogP contribution >= 0.6 is 23.2 Å². The first-order valence-electron chi connectivity index (χ1n) is 5.26.